The van der Waals surface area contributed by atoms with Crippen LogP contribution in [0.4, 0.5) is 0 Å². The first kappa shape index (κ1) is 24.3. The van der Waals surface area contributed by atoms with Crippen molar-refractivity contribution >= 4 is 26.8 Å². The number of rotatable bonds is 5. The lowest BCUT2D eigenvalue weighted by atomic mass is 9.92. The fraction of sp³-hybridized carbons (Fsp3) is 0.231. The van der Waals surface area contributed by atoms with Crippen molar-refractivity contribution in [3.63, 3.8) is 0 Å². The summed E-state index contributed by atoms with van der Waals surface area (Å²) in [6.07, 6.45) is 1.71. The first-order valence-corrected chi connectivity index (χ1v) is 12.4. The quantitative estimate of drug-likeness (QED) is 0.441. The zero-order valence-corrected chi connectivity index (χ0v) is 21.0. The molecular formula is C26H26N4O4S. The molecule has 0 unspecified atom stereocenters. The number of hydrogen-bond acceptors (Lipinski definition) is 7. The van der Waals surface area contributed by atoms with E-state index in [1.807, 2.05) is 58.0 Å². The Kier molecular flexibility index (Phi) is 6.29. The number of aryl methyl sites for hydroxylation is 1. The van der Waals surface area contributed by atoms with Crippen molar-refractivity contribution in [2.45, 2.75) is 38.1 Å². The van der Waals surface area contributed by atoms with E-state index in [1.165, 1.54) is 19.2 Å². The summed E-state index contributed by atoms with van der Waals surface area (Å²) in [6, 6.07) is 15.9. The van der Waals surface area contributed by atoms with Crippen LogP contribution < -0.4 is 9.46 Å². The zero-order chi connectivity index (χ0) is 25.4. The van der Waals surface area contributed by atoms with Crippen LogP contribution in [0.3, 0.4) is 0 Å². The van der Waals surface area contributed by atoms with Gasteiger partial charge < -0.3 is 4.74 Å². The van der Waals surface area contributed by atoms with Crippen LogP contribution in [0.2, 0.25) is 0 Å². The van der Waals surface area contributed by atoms with Crippen LogP contribution in [0.1, 0.15) is 42.5 Å². The monoisotopic (exact) mass is 490 g/mol. The molecule has 0 bridgehead atoms. The number of methoxy groups -OCH3 is 1. The summed E-state index contributed by atoms with van der Waals surface area (Å²) in [5, 5.41) is 0.458. The Labute approximate surface area is 204 Å². The molecule has 0 aliphatic carbocycles. The zero-order valence-electron chi connectivity index (χ0n) is 20.2. The number of ether oxygens (including phenoxy) is 1. The molecule has 4 aromatic rings. The lowest BCUT2D eigenvalue weighted by Gasteiger charge is -2.19. The second-order valence-corrected chi connectivity index (χ2v) is 10.7. The largest absolute Gasteiger partial charge is 0.494 e. The van der Waals surface area contributed by atoms with Crippen molar-refractivity contribution in [2.75, 3.05) is 7.11 Å². The summed E-state index contributed by atoms with van der Waals surface area (Å²) in [5.74, 6) is -0.819. The van der Waals surface area contributed by atoms with Gasteiger partial charge in [0, 0.05) is 28.3 Å². The molecule has 0 radical (unpaired) electrons. The van der Waals surface area contributed by atoms with Crippen LogP contribution in [0, 0.1) is 6.92 Å². The molecule has 1 amide bonds. The van der Waals surface area contributed by atoms with Gasteiger partial charge >= 0.3 is 0 Å². The SMILES string of the molecule is COc1ccc(C(C)(C)C)nc1S(=O)(=O)NC(=O)c1ccc2c(-c3ccccn3)ccc(C)c2n1. The van der Waals surface area contributed by atoms with E-state index in [-0.39, 0.29) is 16.5 Å². The number of hydrogen-bond donors (Lipinski definition) is 1. The Morgan fingerprint density at radius 1 is 0.971 bits per heavy atom. The van der Waals surface area contributed by atoms with Crippen molar-refractivity contribution < 1.29 is 17.9 Å². The summed E-state index contributed by atoms with van der Waals surface area (Å²) in [4.78, 5) is 26.2. The molecule has 1 N–H and O–H groups in total. The minimum atomic E-state index is -4.33. The molecule has 0 saturated carbocycles. The molecule has 3 heterocycles. The van der Waals surface area contributed by atoms with Crippen molar-refractivity contribution in [1.29, 1.82) is 0 Å². The van der Waals surface area contributed by atoms with Gasteiger partial charge in [0.25, 0.3) is 15.9 Å². The van der Waals surface area contributed by atoms with Crippen LogP contribution in [0.5, 0.6) is 5.75 Å². The molecule has 35 heavy (non-hydrogen) atoms. The van der Waals surface area contributed by atoms with E-state index < -0.39 is 21.3 Å². The number of sulfonamides is 1. The number of carbonyl (C=O) groups is 1. The maximum absolute atomic E-state index is 13.1. The van der Waals surface area contributed by atoms with Crippen molar-refractivity contribution in [3.8, 4) is 17.0 Å². The summed E-state index contributed by atoms with van der Waals surface area (Å²) >= 11 is 0. The summed E-state index contributed by atoms with van der Waals surface area (Å²) < 4.78 is 33.6. The number of benzene rings is 1. The third-order valence-electron chi connectivity index (χ3n) is 5.53. The Morgan fingerprint density at radius 3 is 2.40 bits per heavy atom. The number of amides is 1. The van der Waals surface area contributed by atoms with E-state index in [0.29, 0.717) is 11.2 Å². The van der Waals surface area contributed by atoms with Gasteiger partial charge in [-0.1, -0.05) is 39.0 Å². The fourth-order valence-electron chi connectivity index (χ4n) is 3.64. The van der Waals surface area contributed by atoms with Gasteiger partial charge in [0.05, 0.1) is 18.3 Å². The highest BCUT2D eigenvalue weighted by atomic mass is 32.2. The van der Waals surface area contributed by atoms with E-state index >= 15 is 0 Å². The van der Waals surface area contributed by atoms with Gasteiger partial charge in [0.15, 0.2) is 5.75 Å². The minimum Gasteiger partial charge on any atom is -0.494 e. The number of pyridine rings is 3. The maximum atomic E-state index is 13.1. The van der Waals surface area contributed by atoms with Crippen molar-refractivity contribution in [1.82, 2.24) is 19.7 Å². The van der Waals surface area contributed by atoms with Crippen LogP contribution >= 0.6 is 0 Å². The number of aromatic nitrogens is 3. The second-order valence-electron chi connectivity index (χ2n) is 9.13. The van der Waals surface area contributed by atoms with Crippen molar-refractivity contribution in [2.24, 2.45) is 0 Å². The number of carbonyl (C=O) groups excluding carboxylic acids is 1. The van der Waals surface area contributed by atoms with Gasteiger partial charge in [-0.15, -0.1) is 0 Å². The summed E-state index contributed by atoms with van der Waals surface area (Å²) in [5.41, 5.74) is 3.19. The van der Waals surface area contributed by atoms with Gasteiger partial charge in [0.2, 0.25) is 5.03 Å². The molecule has 0 aliphatic rings. The van der Waals surface area contributed by atoms with E-state index in [1.54, 1.807) is 18.3 Å². The first-order valence-electron chi connectivity index (χ1n) is 11.0. The molecular weight excluding hydrogens is 464 g/mol. The Morgan fingerprint density at radius 2 is 1.74 bits per heavy atom. The molecule has 180 valence electrons. The molecule has 0 atom stereocenters. The summed E-state index contributed by atoms with van der Waals surface area (Å²) in [6.45, 7) is 7.62. The van der Waals surface area contributed by atoms with Gasteiger partial charge in [-0.25, -0.2) is 14.7 Å². The summed E-state index contributed by atoms with van der Waals surface area (Å²) in [7, 11) is -2.98. The van der Waals surface area contributed by atoms with E-state index in [0.717, 1.165) is 22.2 Å². The predicted molar refractivity (Wildman–Crippen MR) is 134 cm³/mol. The van der Waals surface area contributed by atoms with Crippen LogP contribution in [0.15, 0.2) is 65.8 Å². The lowest BCUT2D eigenvalue weighted by molar-refractivity contribution is 0.0977. The van der Waals surface area contributed by atoms with Crippen LogP contribution in [-0.4, -0.2) is 36.4 Å². The van der Waals surface area contributed by atoms with Gasteiger partial charge in [-0.05, 0) is 48.9 Å². The number of fused-ring (bicyclic) bond motifs is 1. The maximum Gasteiger partial charge on any atom is 0.285 e. The van der Waals surface area contributed by atoms with Crippen LogP contribution in [-0.2, 0) is 15.4 Å². The fourth-order valence-corrected chi connectivity index (χ4v) is 4.72. The Hall–Kier alpha value is -3.85. The first-order chi connectivity index (χ1) is 16.5. The smallest absolute Gasteiger partial charge is 0.285 e. The topological polar surface area (TPSA) is 111 Å². The average molecular weight is 491 g/mol. The minimum absolute atomic E-state index is 0.0340. The van der Waals surface area contributed by atoms with Gasteiger partial charge in [0.1, 0.15) is 5.69 Å². The molecule has 0 fully saturated rings. The second kappa shape index (κ2) is 9.07. The predicted octanol–water partition coefficient (Wildman–Crippen LogP) is 4.43. The molecule has 8 nitrogen and oxygen atoms in total. The third-order valence-corrected chi connectivity index (χ3v) is 6.78. The Bertz CT molecular complexity index is 1530. The normalized spacial score (nSPS) is 11.9. The lowest BCUT2D eigenvalue weighted by Crippen LogP contribution is -2.32. The molecule has 1 aromatic carbocycles. The molecule has 0 saturated heterocycles. The van der Waals surface area contributed by atoms with Crippen molar-refractivity contribution in [3.05, 3.63) is 77.7 Å². The highest BCUT2D eigenvalue weighted by molar-refractivity contribution is 7.90. The van der Waals surface area contributed by atoms with Crippen LogP contribution in [0.25, 0.3) is 22.2 Å². The molecule has 9 heteroatoms. The van der Waals surface area contributed by atoms with Gasteiger partial charge in [-0.2, -0.15) is 8.42 Å². The van der Waals surface area contributed by atoms with E-state index in [2.05, 4.69) is 19.7 Å². The number of nitrogens with zero attached hydrogens (tertiary/aromatic N) is 3. The third kappa shape index (κ3) is 4.85. The highest BCUT2D eigenvalue weighted by Gasteiger charge is 2.28. The Balaban J connectivity index is 1.72. The molecule has 0 spiro atoms. The van der Waals surface area contributed by atoms with E-state index in [4.69, 9.17) is 4.74 Å². The number of nitrogens with one attached hydrogen (secondary N) is 1. The average Bonchev–Trinajstić information content (AvgIpc) is 2.83. The standard InChI is InChI=1S/C26H26N4O4S/c1-16-9-10-17(19-8-6-7-15-27-19)18-11-12-20(28-23(16)18)24(31)30-35(32,33)25-21(34-5)13-14-22(29-25)26(2,3)4/h6-15H,1-5H3,(H,30,31). The molecule has 4 rings (SSSR count). The van der Waals surface area contributed by atoms with Gasteiger partial charge in [-0.3, -0.25) is 9.78 Å². The highest BCUT2D eigenvalue weighted by Crippen LogP contribution is 2.30. The molecule has 0 aliphatic heterocycles. The van der Waals surface area contributed by atoms with E-state index in [9.17, 15) is 13.2 Å². The molecule has 3 aromatic heterocycles.